The van der Waals surface area contributed by atoms with Crippen LogP contribution in [0.3, 0.4) is 0 Å². The highest BCUT2D eigenvalue weighted by Gasteiger charge is 2.29. The van der Waals surface area contributed by atoms with Crippen LogP contribution < -0.4 is 5.73 Å². The standard InChI is InChI=1S/C20H31N3O3S.ClH/c1-16(21)19-6-2-3-15-23(19)20(24)12-9-17-7-10-18(11-8-17)27(25,26)22-13-4-5-14-22;/h7-8,10-11,16,19H,2-6,9,12-15,21H2,1H3;1H. The summed E-state index contributed by atoms with van der Waals surface area (Å²) in [6, 6.07) is 7.12. The third kappa shape index (κ3) is 5.26. The molecule has 2 aliphatic heterocycles. The average Bonchev–Trinajstić information content (AvgIpc) is 3.22. The molecule has 2 heterocycles. The summed E-state index contributed by atoms with van der Waals surface area (Å²) in [7, 11) is -3.38. The summed E-state index contributed by atoms with van der Waals surface area (Å²) < 4.78 is 26.7. The van der Waals surface area contributed by atoms with Gasteiger partial charge in [0.15, 0.2) is 0 Å². The molecule has 2 N–H and O–H groups in total. The second-order valence-corrected chi connectivity index (χ2v) is 9.70. The largest absolute Gasteiger partial charge is 0.338 e. The van der Waals surface area contributed by atoms with E-state index < -0.39 is 10.0 Å². The summed E-state index contributed by atoms with van der Waals surface area (Å²) in [6.07, 6.45) is 6.05. The van der Waals surface area contributed by atoms with Crippen molar-refractivity contribution in [2.45, 2.75) is 68.8 Å². The molecule has 2 atom stereocenters. The van der Waals surface area contributed by atoms with Crippen LogP contribution in [0.1, 0.15) is 51.0 Å². The quantitative estimate of drug-likeness (QED) is 0.753. The number of carbonyl (C=O) groups excluding carboxylic acids is 1. The number of sulfonamides is 1. The number of benzene rings is 1. The SMILES string of the molecule is CC(N)C1CCCCN1C(=O)CCc1ccc(S(=O)(=O)N2CCCC2)cc1.Cl. The van der Waals surface area contributed by atoms with Crippen molar-refractivity contribution in [3.8, 4) is 0 Å². The molecule has 2 saturated heterocycles. The maximum atomic E-state index is 12.7. The van der Waals surface area contributed by atoms with Gasteiger partial charge in [-0.2, -0.15) is 4.31 Å². The Kier molecular flexibility index (Phi) is 8.30. The number of aryl methyl sites for hydroxylation is 1. The maximum Gasteiger partial charge on any atom is 0.243 e. The van der Waals surface area contributed by atoms with E-state index in [1.165, 1.54) is 0 Å². The van der Waals surface area contributed by atoms with E-state index in [1.807, 2.05) is 24.0 Å². The van der Waals surface area contributed by atoms with Crippen LogP contribution in [-0.4, -0.2) is 55.2 Å². The Balaban J connectivity index is 0.00000280. The molecule has 3 rings (SSSR count). The number of hydrogen-bond donors (Lipinski definition) is 1. The second kappa shape index (κ2) is 10.1. The lowest BCUT2D eigenvalue weighted by Crippen LogP contribution is -2.51. The summed E-state index contributed by atoms with van der Waals surface area (Å²) in [5.74, 6) is 0.144. The molecule has 0 saturated carbocycles. The molecule has 1 amide bonds. The van der Waals surface area contributed by atoms with E-state index in [-0.39, 0.29) is 30.4 Å². The van der Waals surface area contributed by atoms with Crippen molar-refractivity contribution < 1.29 is 13.2 Å². The molecular weight excluding hydrogens is 398 g/mol. The maximum absolute atomic E-state index is 12.7. The van der Waals surface area contributed by atoms with E-state index in [9.17, 15) is 13.2 Å². The molecule has 0 radical (unpaired) electrons. The van der Waals surface area contributed by atoms with Gasteiger partial charge in [-0.05, 0) is 63.1 Å². The van der Waals surface area contributed by atoms with Crippen LogP contribution in [0.2, 0.25) is 0 Å². The van der Waals surface area contributed by atoms with E-state index in [4.69, 9.17) is 5.73 Å². The van der Waals surface area contributed by atoms with Crippen molar-refractivity contribution >= 4 is 28.3 Å². The van der Waals surface area contributed by atoms with E-state index >= 15 is 0 Å². The molecule has 1 aromatic carbocycles. The van der Waals surface area contributed by atoms with Gasteiger partial charge in [0.05, 0.1) is 4.90 Å². The number of nitrogens with zero attached hydrogens (tertiary/aromatic N) is 2. The molecule has 8 heteroatoms. The molecular formula is C20H32ClN3O3S. The predicted molar refractivity (Wildman–Crippen MR) is 113 cm³/mol. The van der Waals surface area contributed by atoms with Gasteiger partial charge >= 0.3 is 0 Å². The minimum Gasteiger partial charge on any atom is -0.338 e. The summed E-state index contributed by atoms with van der Waals surface area (Å²) >= 11 is 0. The Morgan fingerprint density at radius 1 is 1.11 bits per heavy atom. The van der Waals surface area contributed by atoms with Crippen LogP contribution in [0.25, 0.3) is 0 Å². The topological polar surface area (TPSA) is 83.7 Å². The van der Waals surface area contributed by atoms with Crippen molar-refractivity contribution in [1.29, 1.82) is 0 Å². The normalized spacial score (nSPS) is 21.9. The smallest absolute Gasteiger partial charge is 0.243 e. The van der Waals surface area contributed by atoms with Gasteiger partial charge in [-0.25, -0.2) is 8.42 Å². The van der Waals surface area contributed by atoms with Crippen LogP contribution >= 0.6 is 12.4 Å². The molecule has 2 unspecified atom stereocenters. The van der Waals surface area contributed by atoms with E-state index in [1.54, 1.807) is 16.4 Å². The number of piperidine rings is 1. The molecule has 2 fully saturated rings. The fraction of sp³-hybridized carbons (Fsp3) is 0.650. The third-order valence-corrected chi connectivity index (χ3v) is 7.64. The number of amides is 1. The fourth-order valence-electron chi connectivity index (χ4n) is 4.11. The number of hydrogen-bond acceptors (Lipinski definition) is 4. The van der Waals surface area contributed by atoms with Gasteiger partial charge in [0, 0.05) is 38.1 Å². The first-order valence-corrected chi connectivity index (χ1v) is 11.5. The highest BCUT2D eigenvalue weighted by atomic mass is 35.5. The summed E-state index contributed by atoms with van der Waals surface area (Å²) in [6.45, 7) is 3.97. The zero-order valence-corrected chi connectivity index (χ0v) is 18.2. The Labute approximate surface area is 174 Å². The molecule has 1 aromatic rings. The molecule has 2 aliphatic rings. The minimum absolute atomic E-state index is 0. The van der Waals surface area contributed by atoms with Gasteiger partial charge < -0.3 is 10.6 Å². The molecule has 28 heavy (non-hydrogen) atoms. The van der Waals surface area contributed by atoms with Crippen molar-refractivity contribution in [3.05, 3.63) is 29.8 Å². The second-order valence-electron chi connectivity index (χ2n) is 7.76. The lowest BCUT2D eigenvalue weighted by molar-refractivity contribution is -0.135. The van der Waals surface area contributed by atoms with E-state index in [0.717, 1.165) is 44.2 Å². The Morgan fingerprint density at radius 2 is 1.71 bits per heavy atom. The monoisotopic (exact) mass is 429 g/mol. The fourth-order valence-corrected chi connectivity index (χ4v) is 5.63. The molecule has 0 aliphatic carbocycles. The first-order chi connectivity index (χ1) is 12.9. The van der Waals surface area contributed by atoms with Gasteiger partial charge in [-0.3, -0.25) is 4.79 Å². The van der Waals surface area contributed by atoms with Gasteiger partial charge in [-0.1, -0.05) is 12.1 Å². The van der Waals surface area contributed by atoms with Crippen LogP contribution in [-0.2, 0) is 21.2 Å². The number of halogens is 1. The summed E-state index contributed by atoms with van der Waals surface area (Å²) in [4.78, 5) is 14.9. The zero-order chi connectivity index (χ0) is 19.4. The van der Waals surface area contributed by atoms with Crippen LogP contribution in [0.5, 0.6) is 0 Å². The van der Waals surface area contributed by atoms with Crippen LogP contribution in [0, 0.1) is 0 Å². The van der Waals surface area contributed by atoms with Crippen LogP contribution in [0.4, 0.5) is 0 Å². The lowest BCUT2D eigenvalue weighted by Gasteiger charge is -2.38. The molecule has 0 spiro atoms. The lowest BCUT2D eigenvalue weighted by atomic mass is 9.96. The highest BCUT2D eigenvalue weighted by Crippen LogP contribution is 2.23. The highest BCUT2D eigenvalue weighted by molar-refractivity contribution is 7.89. The van der Waals surface area contributed by atoms with Gasteiger partial charge in [0.2, 0.25) is 15.9 Å². The average molecular weight is 430 g/mol. The number of likely N-dealkylation sites (tertiary alicyclic amines) is 1. The van der Waals surface area contributed by atoms with Gasteiger partial charge in [0.1, 0.15) is 0 Å². The number of carbonyl (C=O) groups is 1. The van der Waals surface area contributed by atoms with Gasteiger partial charge in [-0.15, -0.1) is 12.4 Å². The minimum atomic E-state index is -3.38. The van der Waals surface area contributed by atoms with Crippen molar-refractivity contribution in [3.63, 3.8) is 0 Å². The first kappa shape index (κ1) is 23.1. The number of rotatable bonds is 6. The Hall–Kier alpha value is -1.15. The molecule has 158 valence electrons. The van der Waals surface area contributed by atoms with Crippen molar-refractivity contribution in [1.82, 2.24) is 9.21 Å². The first-order valence-electron chi connectivity index (χ1n) is 10.0. The summed E-state index contributed by atoms with van der Waals surface area (Å²) in [5.41, 5.74) is 7.04. The molecule has 0 aromatic heterocycles. The zero-order valence-electron chi connectivity index (χ0n) is 16.5. The van der Waals surface area contributed by atoms with E-state index in [2.05, 4.69) is 0 Å². The summed E-state index contributed by atoms with van der Waals surface area (Å²) in [5, 5.41) is 0. The Morgan fingerprint density at radius 3 is 2.32 bits per heavy atom. The molecule has 0 bridgehead atoms. The number of nitrogens with two attached hydrogens (primary N) is 1. The van der Waals surface area contributed by atoms with Gasteiger partial charge in [0.25, 0.3) is 0 Å². The Bertz CT molecular complexity index is 746. The molecule has 6 nitrogen and oxygen atoms in total. The third-order valence-electron chi connectivity index (χ3n) is 5.73. The van der Waals surface area contributed by atoms with Crippen molar-refractivity contribution in [2.24, 2.45) is 5.73 Å². The van der Waals surface area contributed by atoms with Crippen molar-refractivity contribution in [2.75, 3.05) is 19.6 Å². The predicted octanol–water partition coefficient (Wildman–Crippen LogP) is 2.55. The van der Waals surface area contributed by atoms with Crippen LogP contribution in [0.15, 0.2) is 29.2 Å². The van der Waals surface area contributed by atoms with E-state index in [0.29, 0.717) is 30.8 Å².